The minimum atomic E-state index is 0.143. The molecule has 6 heteroatoms. The normalized spacial score (nSPS) is 26.6. The Balaban J connectivity index is 1.40. The molecule has 0 saturated carbocycles. The monoisotopic (exact) mass is 302 g/mol. The van der Waals surface area contributed by atoms with Crippen LogP contribution in [0.1, 0.15) is 25.7 Å². The van der Waals surface area contributed by atoms with E-state index in [0.29, 0.717) is 38.3 Å². The molecule has 0 radical (unpaired) electrons. The zero-order valence-corrected chi connectivity index (χ0v) is 12.9. The van der Waals surface area contributed by atoms with Crippen LogP contribution in [0.5, 0.6) is 0 Å². The Morgan fingerprint density at radius 3 is 3.20 bits per heavy atom. The van der Waals surface area contributed by atoms with Crippen molar-refractivity contribution in [3.8, 4) is 0 Å². The smallest absolute Gasteiger partial charge is 0.221 e. The van der Waals surface area contributed by atoms with Gasteiger partial charge in [-0.2, -0.15) is 11.8 Å². The molecule has 2 rings (SSSR count). The first-order chi connectivity index (χ1) is 9.84. The van der Waals surface area contributed by atoms with E-state index in [1.807, 2.05) is 11.8 Å². The van der Waals surface area contributed by atoms with Gasteiger partial charge in [0.1, 0.15) is 0 Å². The summed E-state index contributed by atoms with van der Waals surface area (Å²) in [5.74, 6) is 2.34. The molecular formula is C14H26N2O3S. The summed E-state index contributed by atoms with van der Waals surface area (Å²) in [5.41, 5.74) is 0. The van der Waals surface area contributed by atoms with Crippen LogP contribution < -0.4 is 10.6 Å². The molecular weight excluding hydrogens is 276 g/mol. The van der Waals surface area contributed by atoms with Gasteiger partial charge in [0.2, 0.25) is 5.91 Å². The molecule has 0 aromatic rings. The standard InChI is InChI=1S/C14H26N2O3S/c17-14(9-12-11-20-8-5-15-12)16-4-2-6-18-10-13-3-1-7-19-13/h12-13,15H,1-11H2,(H,16,17). The second kappa shape index (κ2) is 9.60. The molecule has 2 heterocycles. The summed E-state index contributed by atoms with van der Waals surface area (Å²) in [6.07, 6.45) is 4.01. The van der Waals surface area contributed by atoms with E-state index in [0.717, 1.165) is 43.9 Å². The second-order valence-corrected chi connectivity index (χ2v) is 6.49. The number of thioether (sulfide) groups is 1. The van der Waals surface area contributed by atoms with Crippen LogP contribution >= 0.6 is 11.8 Å². The maximum absolute atomic E-state index is 11.7. The van der Waals surface area contributed by atoms with Gasteiger partial charge in [0.25, 0.3) is 0 Å². The minimum absolute atomic E-state index is 0.143. The first kappa shape index (κ1) is 16.1. The van der Waals surface area contributed by atoms with Gasteiger partial charge in [-0.25, -0.2) is 0 Å². The lowest BCUT2D eigenvalue weighted by molar-refractivity contribution is -0.121. The lowest BCUT2D eigenvalue weighted by Crippen LogP contribution is -2.41. The Bertz CT molecular complexity index is 280. The first-order valence-corrected chi connectivity index (χ1v) is 8.77. The van der Waals surface area contributed by atoms with Crippen LogP contribution in [-0.2, 0) is 14.3 Å². The molecule has 2 saturated heterocycles. The summed E-state index contributed by atoms with van der Waals surface area (Å²) in [6, 6.07) is 0.338. The fourth-order valence-electron chi connectivity index (χ4n) is 2.44. The SMILES string of the molecule is O=C(CC1CSCCN1)NCCCOCC1CCCO1. The topological polar surface area (TPSA) is 59.6 Å². The first-order valence-electron chi connectivity index (χ1n) is 7.62. The minimum Gasteiger partial charge on any atom is -0.379 e. The average molecular weight is 302 g/mol. The number of ether oxygens (including phenoxy) is 2. The number of hydrogen-bond acceptors (Lipinski definition) is 5. The maximum Gasteiger partial charge on any atom is 0.221 e. The highest BCUT2D eigenvalue weighted by molar-refractivity contribution is 7.99. The summed E-state index contributed by atoms with van der Waals surface area (Å²) in [4.78, 5) is 11.7. The van der Waals surface area contributed by atoms with Crippen LogP contribution in [0.25, 0.3) is 0 Å². The van der Waals surface area contributed by atoms with Crippen molar-refractivity contribution in [1.29, 1.82) is 0 Å². The Labute approximate surface area is 125 Å². The van der Waals surface area contributed by atoms with E-state index < -0.39 is 0 Å². The summed E-state index contributed by atoms with van der Waals surface area (Å²) in [7, 11) is 0. The van der Waals surface area contributed by atoms with Crippen molar-refractivity contribution < 1.29 is 14.3 Å². The highest BCUT2D eigenvalue weighted by atomic mass is 32.2. The third kappa shape index (κ3) is 6.43. The molecule has 2 aliphatic rings. The van der Waals surface area contributed by atoms with Gasteiger partial charge < -0.3 is 20.1 Å². The summed E-state index contributed by atoms with van der Waals surface area (Å²) < 4.78 is 11.0. The Kier molecular flexibility index (Phi) is 7.72. The molecule has 0 aromatic carbocycles. The predicted molar refractivity (Wildman–Crippen MR) is 81.2 cm³/mol. The van der Waals surface area contributed by atoms with Gasteiger partial charge >= 0.3 is 0 Å². The van der Waals surface area contributed by atoms with Crippen molar-refractivity contribution in [2.75, 3.05) is 44.4 Å². The third-order valence-corrected chi connectivity index (χ3v) is 4.68. The molecule has 0 aromatic heterocycles. The van der Waals surface area contributed by atoms with Crippen LogP contribution in [0.2, 0.25) is 0 Å². The molecule has 5 nitrogen and oxygen atoms in total. The number of hydrogen-bond donors (Lipinski definition) is 2. The van der Waals surface area contributed by atoms with E-state index in [-0.39, 0.29) is 5.91 Å². The summed E-state index contributed by atoms with van der Waals surface area (Å²) in [5, 5.41) is 6.33. The molecule has 2 atom stereocenters. The van der Waals surface area contributed by atoms with Gasteiger partial charge in [-0.1, -0.05) is 0 Å². The fourth-order valence-corrected chi connectivity index (χ4v) is 3.39. The predicted octanol–water partition coefficient (Wildman–Crippen LogP) is 0.783. The average Bonchev–Trinajstić information content (AvgIpc) is 2.97. The van der Waals surface area contributed by atoms with Gasteiger partial charge in [-0.3, -0.25) is 4.79 Å². The lowest BCUT2D eigenvalue weighted by Gasteiger charge is -2.22. The van der Waals surface area contributed by atoms with Gasteiger partial charge in [0.15, 0.2) is 0 Å². The van der Waals surface area contributed by atoms with Crippen LogP contribution in [0.15, 0.2) is 0 Å². The Hall–Kier alpha value is -0.300. The number of carbonyl (C=O) groups is 1. The molecule has 0 aliphatic carbocycles. The van der Waals surface area contributed by atoms with Crippen molar-refractivity contribution in [3.05, 3.63) is 0 Å². The van der Waals surface area contributed by atoms with Crippen molar-refractivity contribution in [3.63, 3.8) is 0 Å². The van der Waals surface area contributed by atoms with Crippen LogP contribution in [-0.4, -0.2) is 62.5 Å². The van der Waals surface area contributed by atoms with E-state index in [1.165, 1.54) is 0 Å². The van der Waals surface area contributed by atoms with Crippen molar-refractivity contribution in [2.45, 2.75) is 37.8 Å². The molecule has 0 bridgehead atoms. The van der Waals surface area contributed by atoms with Crippen LogP contribution in [0.3, 0.4) is 0 Å². The van der Waals surface area contributed by atoms with Crippen LogP contribution in [0, 0.1) is 0 Å². The molecule has 1 amide bonds. The van der Waals surface area contributed by atoms with E-state index in [4.69, 9.17) is 9.47 Å². The van der Waals surface area contributed by atoms with Crippen molar-refractivity contribution >= 4 is 17.7 Å². The molecule has 116 valence electrons. The van der Waals surface area contributed by atoms with Gasteiger partial charge in [0.05, 0.1) is 12.7 Å². The van der Waals surface area contributed by atoms with Gasteiger partial charge in [-0.05, 0) is 19.3 Å². The van der Waals surface area contributed by atoms with Gasteiger partial charge in [0, 0.05) is 50.3 Å². The zero-order chi connectivity index (χ0) is 14.0. The molecule has 2 N–H and O–H groups in total. The fraction of sp³-hybridized carbons (Fsp3) is 0.929. The Morgan fingerprint density at radius 1 is 1.50 bits per heavy atom. The highest BCUT2D eigenvalue weighted by Gasteiger charge is 2.16. The zero-order valence-electron chi connectivity index (χ0n) is 12.1. The number of rotatable bonds is 8. The highest BCUT2D eigenvalue weighted by Crippen LogP contribution is 2.12. The molecule has 2 aliphatic heterocycles. The Morgan fingerprint density at radius 2 is 2.45 bits per heavy atom. The second-order valence-electron chi connectivity index (χ2n) is 5.34. The molecule has 2 fully saturated rings. The quantitative estimate of drug-likeness (QED) is 0.649. The largest absolute Gasteiger partial charge is 0.379 e. The van der Waals surface area contributed by atoms with Crippen molar-refractivity contribution in [2.24, 2.45) is 0 Å². The van der Waals surface area contributed by atoms with Crippen molar-refractivity contribution in [1.82, 2.24) is 10.6 Å². The summed E-state index contributed by atoms with van der Waals surface area (Å²) >= 11 is 1.92. The summed E-state index contributed by atoms with van der Waals surface area (Å²) in [6.45, 7) is 3.97. The van der Waals surface area contributed by atoms with Crippen LogP contribution in [0.4, 0.5) is 0 Å². The number of nitrogens with one attached hydrogen (secondary N) is 2. The lowest BCUT2D eigenvalue weighted by atomic mass is 10.2. The van der Waals surface area contributed by atoms with E-state index in [2.05, 4.69) is 10.6 Å². The van der Waals surface area contributed by atoms with Gasteiger partial charge in [-0.15, -0.1) is 0 Å². The third-order valence-electron chi connectivity index (χ3n) is 3.55. The van der Waals surface area contributed by atoms with E-state index in [1.54, 1.807) is 0 Å². The molecule has 20 heavy (non-hydrogen) atoms. The molecule has 2 unspecified atom stereocenters. The number of amides is 1. The number of carbonyl (C=O) groups excluding carboxylic acids is 1. The van der Waals surface area contributed by atoms with E-state index in [9.17, 15) is 4.79 Å². The maximum atomic E-state index is 11.7. The van der Waals surface area contributed by atoms with E-state index >= 15 is 0 Å². The molecule has 0 spiro atoms.